The van der Waals surface area contributed by atoms with Crippen LogP contribution in [-0.4, -0.2) is 70.0 Å². The van der Waals surface area contributed by atoms with Crippen LogP contribution in [0.1, 0.15) is 126 Å². The molecule has 10 atom stereocenters. The van der Waals surface area contributed by atoms with Gasteiger partial charge < -0.3 is 31.2 Å². The monoisotopic (exact) mass is 675 g/mol. The molecule has 8 nitrogen and oxygen atoms in total. The topological polar surface area (TPSA) is 115 Å². The Morgan fingerprint density at radius 1 is 0.750 bits per heavy atom. The zero-order valence-corrected chi connectivity index (χ0v) is 31.9. The normalized spacial score (nSPS) is 35.2. The summed E-state index contributed by atoms with van der Waals surface area (Å²) < 4.78 is 12.3. The van der Waals surface area contributed by atoms with Crippen LogP contribution >= 0.6 is 0 Å². The fourth-order valence-corrected chi connectivity index (χ4v) is 10.8. The Bertz CT molecular complexity index is 1010. The molecule has 0 aliphatic heterocycles. The molecule has 4 saturated carbocycles. The summed E-state index contributed by atoms with van der Waals surface area (Å²) in [6, 6.07) is 0.555. The molecule has 4 aliphatic carbocycles. The van der Waals surface area contributed by atoms with Crippen molar-refractivity contribution in [2.75, 3.05) is 45.9 Å². The number of carbonyl (C=O) groups is 2. The van der Waals surface area contributed by atoms with Gasteiger partial charge in [-0.25, -0.2) is 0 Å². The smallest absolute Gasteiger partial charge is 0.308 e. The number of esters is 2. The van der Waals surface area contributed by atoms with Gasteiger partial charge in [-0.3, -0.25) is 9.59 Å². The summed E-state index contributed by atoms with van der Waals surface area (Å²) in [6.07, 6.45) is 14.2. The zero-order chi connectivity index (χ0) is 34.9. The summed E-state index contributed by atoms with van der Waals surface area (Å²) >= 11 is 0. The molecule has 278 valence electrons. The second-order valence-corrected chi connectivity index (χ2v) is 17.5. The van der Waals surface area contributed by atoms with Crippen molar-refractivity contribution in [3.63, 3.8) is 0 Å². The van der Waals surface area contributed by atoms with E-state index in [1.54, 1.807) is 0 Å². The van der Waals surface area contributed by atoms with Crippen LogP contribution in [0.2, 0.25) is 0 Å². The van der Waals surface area contributed by atoms with Crippen molar-refractivity contribution in [1.82, 2.24) is 16.0 Å². The molecular formula is C40H74N4O4. The predicted octanol–water partition coefficient (Wildman–Crippen LogP) is 6.31. The third-order valence-corrected chi connectivity index (χ3v) is 13.6. The summed E-state index contributed by atoms with van der Waals surface area (Å²) in [7, 11) is 0. The SMILES string of the molecule is CC(C)C(=O)OC[C@@H](C)[C@H]1CCC2C3C(OC(=O)C(C)C)CC4C[C@H](NCCCNCCCCNCCCN)CC[C@]4(C)C3CC[C@@]21C. The highest BCUT2D eigenvalue weighted by Gasteiger charge is 2.64. The van der Waals surface area contributed by atoms with Crippen molar-refractivity contribution >= 4 is 11.9 Å². The van der Waals surface area contributed by atoms with Crippen molar-refractivity contribution in [2.45, 2.75) is 138 Å². The van der Waals surface area contributed by atoms with E-state index in [2.05, 4.69) is 36.7 Å². The van der Waals surface area contributed by atoms with Crippen molar-refractivity contribution in [3.05, 3.63) is 0 Å². The zero-order valence-electron chi connectivity index (χ0n) is 31.9. The van der Waals surface area contributed by atoms with E-state index in [4.69, 9.17) is 15.2 Å². The average Bonchev–Trinajstić information content (AvgIpc) is 3.41. The van der Waals surface area contributed by atoms with Crippen LogP contribution < -0.4 is 21.7 Å². The number of unbranched alkanes of at least 4 members (excludes halogenated alkanes) is 1. The van der Waals surface area contributed by atoms with Crippen LogP contribution in [0, 0.1) is 58.2 Å². The van der Waals surface area contributed by atoms with Crippen molar-refractivity contribution in [2.24, 2.45) is 63.9 Å². The second kappa shape index (κ2) is 18.3. The van der Waals surface area contributed by atoms with E-state index in [1.807, 2.05) is 27.7 Å². The van der Waals surface area contributed by atoms with Crippen LogP contribution in [-0.2, 0) is 19.1 Å². The molecule has 0 aromatic heterocycles. The lowest BCUT2D eigenvalue weighted by molar-refractivity contribution is -0.194. The van der Waals surface area contributed by atoms with Gasteiger partial charge in [0.25, 0.3) is 0 Å². The molecule has 48 heavy (non-hydrogen) atoms. The molecule has 8 heteroatoms. The third-order valence-electron chi connectivity index (χ3n) is 13.6. The van der Waals surface area contributed by atoms with Gasteiger partial charge in [-0.15, -0.1) is 0 Å². The Balaban J connectivity index is 1.33. The quantitative estimate of drug-likeness (QED) is 0.0931. The number of nitrogens with two attached hydrogens (primary N) is 1. The van der Waals surface area contributed by atoms with Gasteiger partial charge in [0.2, 0.25) is 0 Å². The molecule has 0 aromatic carbocycles. The Hall–Kier alpha value is -1.22. The average molecular weight is 675 g/mol. The molecule has 0 amide bonds. The first kappa shape index (κ1) is 39.6. The van der Waals surface area contributed by atoms with Gasteiger partial charge in [-0.2, -0.15) is 0 Å². The standard InChI is InChI=1S/C40H74N4O4/c1-27(2)37(45)47-26-29(5)32-12-13-33-36-34(15-17-40(32,33)7)39(6)16-14-31(24-30(39)25-35(36)48-38(46)28(3)4)44-23-11-22-43-20-9-8-19-42-21-10-18-41/h27-36,42-44H,8-26,41H2,1-7H3/t29-,30?,31-,32-,33?,34?,35?,36?,39+,40-/m1/s1. The van der Waals surface area contributed by atoms with Crippen molar-refractivity contribution < 1.29 is 19.1 Å². The fourth-order valence-electron chi connectivity index (χ4n) is 10.8. The lowest BCUT2D eigenvalue weighted by atomic mass is 9.43. The lowest BCUT2D eigenvalue weighted by Gasteiger charge is -2.63. The Morgan fingerprint density at radius 3 is 2.04 bits per heavy atom. The van der Waals surface area contributed by atoms with Gasteiger partial charge in [0.15, 0.2) is 0 Å². The number of nitrogens with one attached hydrogen (secondary N) is 3. The minimum absolute atomic E-state index is 0.0132. The third kappa shape index (κ3) is 9.55. The Kier molecular flexibility index (Phi) is 15.1. The highest BCUT2D eigenvalue weighted by molar-refractivity contribution is 5.72. The maximum Gasteiger partial charge on any atom is 0.308 e. The van der Waals surface area contributed by atoms with E-state index in [0.29, 0.717) is 53.6 Å². The number of carbonyl (C=O) groups excluding carboxylic acids is 2. The van der Waals surface area contributed by atoms with E-state index in [-0.39, 0.29) is 35.3 Å². The molecule has 4 rings (SSSR count). The number of hydrogen-bond donors (Lipinski definition) is 4. The minimum atomic E-state index is -0.105. The molecule has 5 N–H and O–H groups in total. The molecule has 0 bridgehead atoms. The molecule has 0 heterocycles. The van der Waals surface area contributed by atoms with E-state index in [9.17, 15) is 9.59 Å². The number of rotatable bonds is 19. The van der Waals surface area contributed by atoms with Gasteiger partial charge >= 0.3 is 11.9 Å². The maximum absolute atomic E-state index is 13.2. The summed E-state index contributed by atoms with van der Waals surface area (Å²) in [5, 5.41) is 11.0. The van der Waals surface area contributed by atoms with E-state index in [1.165, 1.54) is 57.8 Å². The van der Waals surface area contributed by atoms with Crippen LogP contribution in [0.15, 0.2) is 0 Å². The molecule has 0 spiro atoms. The summed E-state index contributed by atoms with van der Waals surface area (Å²) in [6.45, 7) is 21.8. The molecular weight excluding hydrogens is 600 g/mol. The first-order valence-electron chi connectivity index (χ1n) is 20.1. The van der Waals surface area contributed by atoms with E-state index < -0.39 is 0 Å². The van der Waals surface area contributed by atoms with Gasteiger partial charge in [0, 0.05) is 12.0 Å². The van der Waals surface area contributed by atoms with Crippen LogP contribution in [0.3, 0.4) is 0 Å². The Morgan fingerprint density at radius 2 is 1.38 bits per heavy atom. The lowest BCUT2D eigenvalue weighted by Crippen LogP contribution is -2.60. The fraction of sp³-hybridized carbons (Fsp3) is 0.950. The van der Waals surface area contributed by atoms with Gasteiger partial charge in [-0.1, -0.05) is 48.5 Å². The highest BCUT2D eigenvalue weighted by Crippen LogP contribution is 2.68. The summed E-state index contributed by atoms with van der Waals surface area (Å²) in [4.78, 5) is 25.5. The number of hydrogen-bond acceptors (Lipinski definition) is 8. The Labute approximate surface area is 293 Å². The largest absolute Gasteiger partial charge is 0.465 e. The molecule has 0 radical (unpaired) electrons. The molecule has 5 unspecified atom stereocenters. The minimum Gasteiger partial charge on any atom is -0.465 e. The summed E-state index contributed by atoms with van der Waals surface area (Å²) in [5.74, 6) is 2.74. The van der Waals surface area contributed by atoms with E-state index in [0.717, 1.165) is 58.5 Å². The van der Waals surface area contributed by atoms with Crippen LogP contribution in [0.5, 0.6) is 0 Å². The summed E-state index contributed by atoms with van der Waals surface area (Å²) in [5.41, 5.74) is 6.06. The number of ether oxygens (including phenoxy) is 2. The van der Waals surface area contributed by atoms with Crippen LogP contribution in [0.25, 0.3) is 0 Å². The maximum atomic E-state index is 13.2. The molecule has 4 aliphatic rings. The molecule has 0 saturated heterocycles. The van der Waals surface area contributed by atoms with Crippen LogP contribution in [0.4, 0.5) is 0 Å². The highest BCUT2D eigenvalue weighted by atomic mass is 16.5. The van der Waals surface area contributed by atoms with Crippen molar-refractivity contribution in [3.8, 4) is 0 Å². The van der Waals surface area contributed by atoms with Gasteiger partial charge in [0.1, 0.15) is 6.10 Å². The van der Waals surface area contributed by atoms with Gasteiger partial charge in [-0.05, 0) is 157 Å². The molecule has 4 fully saturated rings. The predicted molar refractivity (Wildman–Crippen MR) is 195 cm³/mol. The first-order chi connectivity index (χ1) is 22.9. The van der Waals surface area contributed by atoms with Crippen molar-refractivity contribution in [1.29, 1.82) is 0 Å². The van der Waals surface area contributed by atoms with Gasteiger partial charge in [0.05, 0.1) is 18.4 Å². The second-order valence-electron chi connectivity index (χ2n) is 17.5. The molecule has 0 aromatic rings. The van der Waals surface area contributed by atoms with E-state index >= 15 is 0 Å². The number of fused-ring (bicyclic) bond motifs is 5. The first-order valence-corrected chi connectivity index (χ1v) is 20.1.